The maximum Gasteiger partial charge on any atom is 0.274 e. The largest absolute Gasteiger partial charge is 0.396 e. The molecule has 1 saturated heterocycles. The van der Waals surface area contributed by atoms with Crippen molar-refractivity contribution in [1.82, 2.24) is 14.7 Å². The number of benzene rings is 1. The summed E-state index contributed by atoms with van der Waals surface area (Å²) >= 11 is 0. The molecule has 1 amide bonds. The minimum atomic E-state index is -0.154. The van der Waals surface area contributed by atoms with Crippen molar-refractivity contribution in [1.29, 1.82) is 0 Å². The van der Waals surface area contributed by atoms with Gasteiger partial charge in [-0.15, -0.1) is 0 Å². The molecule has 2 aliphatic rings. The summed E-state index contributed by atoms with van der Waals surface area (Å²) < 4.78 is 7.72. The first-order chi connectivity index (χ1) is 13.9. The second kappa shape index (κ2) is 7.92. The molecule has 0 spiro atoms. The lowest BCUT2D eigenvalue weighted by molar-refractivity contribution is -0.00911. The summed E-state index contributed by atoms with van der Waals surface area (Å²) in [5.41, 5.74) is 3.70. The van der Waals surface area contributed by atoms with Gasteiger partial charge in [0.25, 0.3) is 5.91 Å². The molecule has 3 heterocycles. The molecule has 0 aliphatic carbocycles. The highest BCUT2D eigenvalue weighted by Crippen LogP contribution is 2.36. The molecule has 0 bridgehead atoms. The fraction of sp³-hybridized carbons (Fsp3) is 0.565. The van der Waals surface area contributed by atoms with Crippen molar-refractivity contribution in [3.05, 3.63) is 52.8 Å². The fourth-order valence-electron chi connectivity index (χ4n) is 4.96. The monoisotopic (exact) mass is 397 g/mol. The van der Waals surface area contributed by atoms with E-state index in [1.165, 1.54) is 5.56 Å². The molecule has 1 N–H and O–H groups in total. The van der Waals surface area contributed by atoms with E-state index in [0.29, 0.717) is 18.8 Å². The van der Waals surface area contributed by atoms with Crippen LogP contribution >= 0.6 is 0 Å². The van der Waals surface area contributed by atoms with Gasteiger partial charge in [-0.3, -0.25) is 9.48 Å². The van der Waals surface area contributed by atoms with Crippen LogP contribution in [0.3, 0.4) is 0 Å². The van der Waals surface area contributed by atoms with E-state index in [-0.39, 0.29) is 30.1 Å². The number of carbonyl (C=O) groups is 1. The Kier molecular flexibility index (Phi) is 5.49. The topological polar surface area (TPSA) is 67.6 Å². The Morgan fingerprint density at radius 1 is 1.24 bits per heavy atom. The van der Waals surface area contributed by atoms with Gasteiger partial charge in [0.15, 0.2) is 5.69 Å². The van der Waals surface area contributed by atoms with Gasteiger partial charge in [-0.2, -0.15) is 5.10 Å². The number of likely N-dealkylation sites (tertiary alicyclic amines) is 1. The predicted molar refractivity (Wildman–Crippen MR) is 111 cm³/mol. The van der Waals surface area contributed by atoms with Crippen LogP contribution in [0.2, 0.25) is 0 Å². The smallest absolute Gasteiger partial charge is 0.274 e. The van der Waals surface area contributed by atoms with Crippen LogP contribution in [0.5, 0.6) is 0 Å². The van der Waals surface area contributed by atoms with Crippen LogP contribution < -0.4 is 0 Å². The van der Waals surface area contributed by atoms with E-state index >= 15 is 0 Å². The highest BCUT2D eigenvalue weighted by Gasteiger charge is 2.38. The zero-order chi connectivity index (χ0) is 20.6. The fourth-order valence-corrected chi connectivity index (χ4v) is 4.96. The number of aromatic nitrogens is 2. The molecule has 2 atom stereocenters. The molecule has 156 valence electrons. The van der Waals surface area contributed by atoms with E-state index < -0.39 is 0 Å². The van der Waals surface area contributed by atoms with E-state index in [9.17, 15) is 9.90 Å². The van der Waals surface area contributed by atoms with E-state index in [1.54, 1.807) is 4.68 Å². The second-order valence-electron chi connectivity index (χ2n) is 8.74. The highest BCUT2D eigenvalue weighted by molar-refractivity contribution is 5.94. The Labute approximate surface area is 172 Å². The lowest BCUT2D eigenvalue weighted by atomic mass is 9.74. The average molecular weight is 398 g/mol. The minimum Gasteiger partial charge on any atom is -0.396 e. The number of fused-ring (bicyclic) bond motifs is 1. The highest BCUT2D eigenvalue weighted by atomic mass is 16.5. The van der Waals surface area contributed by atoms with Gasteiger partial charge in [-0.1, -0.05) is 30.3 Å². The number of piperidine rings is 1. The van der Waals surface area contributed by atoms with Gasteiger partial charge in [0.05, 0.1) is 17.9 Å². The number of hydrogen-bond donors (Lipinski definition) is 1. The molecule has 6 nitrogen and oxygen atoms in total. The number of aliphatic hydroxyl groups is 1. The maximum atomic E-state index is 13.3. The molecule has 1 fully saturated rings. The summed E-state index contributed by atoms with van der Waals surface area (Å²) in [6.07, 6.45) is 3.20. The number of carbonyl (C=O) groups excluding carboxylic acids is 1. The minimum absolute atomic E-state index is 0.00870. The van der Waals surface area contributed by atoms with Crippen LogP contribution in [0.4, 0.5) is 0 Å². The summed E-state index contributed by atoms with van der Waals surface area (Å²) in [7, 11) is 1.89. The van der Waals surface area contributed by atoms with E-state index in [2.05, 4.69) is 17.2 Å². The Hall–Kier alpha value is -2.18. The molecule has 0 radical (unpaired) electrons. The summed E-state index contributed by atoms with van der Waals surface area (Å²) in [6.45, 7) is 5.51. The number of aliphatic hydroxyl groups excluding tert-OH is 1. The maximum absolute atomic E-state index is 13.3. The Morgan fingerprint density at radius 3 is 2.59 bits per heavy atom. The Bertz CT molecular complexity index is 869. The Morgan fingerprint density at radius 2 is 1.93 bits per heavy atom. The van der Waals surface area contributed by atoms with Crippen LogP contribution in [0, 0.1) is 5.41 Å². The van der Waals surface area contributed by atoms with Crippen LogP contribution in [-0.2, 0) is 24.6 Å². The molecular weight excluding hydrogens is 366 g/mol. The third kappa shape index (κ3) is 3.83. The van der Waals surface area contributed by atoms with Crippen molar-refractivity contribution in [3.63, 3.8) is 0 Å². The van der Waals surface area contributed by atoms with Crippen LogP contribution in [0.25, 0.3) is 0 Å². The molecule has 29 heavy (non-hydrogen) atoms. The number of aryl methyl sites for hydroxylation is 1. The van der Waals surface area contributed by atoms with Gasteiger partial charge in [0.1, 0.15) is 0 Å². The van der Waals surface area contributed by atoms with Crippen molar-refractivity contribution in [2.24, 2.45) is 12.5 Å². The van der Waals surface area contributed by atoms with Crippen LogP contribution in [0.1, 0.15) is 60.1 Å². The number of hydrogen-bond acceptors (Lipinski definition) is 4. The van der Waals surface area contributed by atoms with Gasteiger partial charge < -0.3 is 14.7 Å². The molecule has 0 saturated carbocycles. The van der Waals surface area contributed by atoms with Gasteiger partial charge >= 0.3 is 0 Å². The number of ether oxygens (including phenoxy) is 1. The van der Waals surface area contributed by atoms with Gasteiger partial charge in [-0.25, -0.2) is 0 Å². The molecule has 2 aliphatic heterocycles. The molecule has 0 unspecified atom stereocenters. The molecule has 6 heteroatoms. The lowest BCUT2D eigenvalue weighted by Crippen LogP contribution is -2.46. The zero-order valence-electron chi connectivity index (χ0n) is 17.6. The van der Waals surface area contributed by atoms with E-state index in [4.69, 9.17) is 4.74 Å². The molecule has 1 aromatic heterocycles. The first kappa shape index (κ1) is 20.1. The number of amides is 1. The van der Waals surface area contributed by atoms with Crippen LogP contribution in [-0.4, -0.2) is 51.5 Å². The first-order valence-corrected chi connectivity index (χ1v) is 10.6. The average Bonchev–Trinajstić information content (AvgIpc) is 3.05. The third-order valence-electron chi connectivity index (χ3n) is 6.58. The standard InChI is InChI=1S/C23H31N3O3/c1-16-13-19-20(24-25(3)21(19)17(2)29-16)22(28)26-11-9-23(15-27,10-12-26)14-18-7-5-4-6-8-18/h4-8,16-17,27H,9-15H2,1-3H3/t16-,17+/m1/s1. The summed E-state index contributed by atoms with van der Waals surface area (Å²) in [4.78, 5) is 15.2. The van der Waals surface area contributed by atoms with Crippen molar-refractivity contribution in [2.75, 3.05) is 19.7 Å². The summed E-state index contributed by atoms with van der Waals surface area (Å²) in [5, 5.41) is 14.7. The summed E-state index contributed by atoms with van der Waals surface area (Å²) in [5.74, 6) is 0.00870. The van der Waals surface area contributed by atoms with Gasteiger partial charge in [0.2, 0.25) is 0 Å². The molecule has 4 rings (SSSR count). The normalized spacial score (nSPS) is 23.7. The first-order valence-electron chi connectivity index (χ1n) is 10.6. The number of rotatable bonds is 4. The van der Waals surface area contributed by atoms with E-state index in [0.717, 1.165) is 36.9 Å². The molecular formula is C23H31N3O3. The predicted octanol–water partition coefficient (Wildman–Crippen LogP) is 2.90. The lowest BCUT2D eigenvalue weighted by Gasteiger charge is -2.41. The van der Waals surface area contributed by atoms with Crippen molar-refractivity contribution in [3.8, 4) is 0 Å². The van der Waals surface area contributed by atoms with Crippen LogP contribution in [0.15, 0.2) is 30.3 Å². The van der Waals surface area contributed by atoms with Gasteiger partial charge in [-0.05, 0) is 38.7 Å². The Balaban J connectivity index is 1.49. The third-order valence-corrected chi connectivity index (χ3v) is 6.58. The van der Waals surface area contributed by atoms with Crippen molar-refractivity contribution in [2.45, 2.75) is 51.7 Å². The quantitative estimate of drug-likeness (QED) is 0.861. The van der Waals surface area contributed by atoms with E-state index in [1.807, 2.05) is 44.0 Å². The van der Waals surface area contributed by atoms with Gasteiger partial charge in [0, 0.05) is 44.1 Å². The number of nitrogens with zero attached hydrogens (tertiary/aromatic N) is 3. The molecule has 2 aromatic rings. The second-order valence-corrected chi connectivity index (χ2v) is 8.74. The molecule has 1 aromatic carbocycles. The summed E-state index contributed by atoms with van der Waals surface area (Å²) in [6, 6.07) is 10.3. The zero-order valence-corrected chi connectivity index (χ0v) is 17.6. The SMILES string of the molecule is C[C@@H]1Cc2c(C(=O)N3CCC(CO)(Cc4ccccc4)CC3)nn(C)c2[C@H](C)O1. The van der Waals surface area contributed by atoms with Crippen molar-refractivity contribution < 1.29 is 14.6 Å². The van der Waals surface area contributed by atoms with Crippen molar-refractivity contribution >= 4 is 5.91 Å².